The molecule has 22 heavy (non-hydrogen) atoms. The number of hydrogen-bond donors (Lipinski definition) is 1. The first kappa shape index (κ1) is 14.1. The molecule has 0 spiro atoms. The second-order valence-corrected chi connectivity index (χ2v) is 6.82. The lowest BCUT2D eigenvalue weighted by Gasteiger charge is -2.42. The summed E-state index contributed by atoms with van der Waals surface area (Å²) in [5, 5.41) is 7.60. The van der Waals surface area contributed by atoms with Gasteiger partial charge in [-0.1, -0.05) is 6.42 Å². The van der Waals surface area contributed by atoms with E-state index in [4.69, 9.17) is 0 Å². The molecule has 1 saturated heterocycles. The van der Waals surface area contributed by atoms with Crippen LogP contribution in [-0.4, -0.2) is 57.8 Å². The van der Waals surface area contributed by atoms with E-state index in [1.165, 1.54) is 25.0 Å². The van der Waals surface area contributed by atoms with Gasteiger partial charge in [-0.25, -0.2) is 4.79 Å². The van der Waals surface area contributed by atoms with Crippen LogP contribution in [0.3, 0.4) is 0 Å². The SMILES string of the molecule is O=C(NC[C@H]1CN(C2CCC2)Cc2ccnn21)N1CCCC1. The largest absolute Gasteiger partial charge is 0.336 e. The average molecular weight is 303 g/mol. The third kappa shape index (κ3) is 2.60. The Kier molecular flexibility index (Phi) is 3.78. The Labute approximate surface area is 131 Å². The Hall–Kier alpha value is -1.56. The molecule has 0 bridgehead atoms. The molecule has 3 heterocycles. The minimum absolute atomic E-state index is 0.0898. The van der Waals surface area contributed by atoms with Crippen molar-refractivity contribution in [2.45, 2.75) is 50.7 Å². The van der Waals surface area contributed by atoms with Gasteiger partial charge in [0.1, 0.15) is 0 Å². The van der Waals surface area contributed by atoms with Crippen molar-refractivity contribution < 1.29 is 4.79 Å². The van der Waals surface area contributed by atoms with Crippen molar-refractivity contribution in [2.75, 3.05) is 26.2 Å². The van der Waals surface area contributed by atoms with Crippen molar-refractivity contribution in [3.63, 3.8) is 0 Å². The fraction of sp³-hybridized carbons (Fsp3) is 0.750. The van der Waals surface area contributed by atoms with E-state index >= 15 is 0 Å². The first-order valence-electron chi connectivity index (χ1n) is 8.60. The maximum atomic E-state index is 12.2. The molecule has 0 unspecified atom stereocenters. The minimum Gasteiger partial charge on any atom is -0.336 e. The monoisotopic (exact) mass is 303 g/mol. The molecule has 1 aliphatic carbocycles. The Balaban J connectivity index is 1.40. The number of rotatable bonds is 3. The molecular formula is C16H25N5O. The van der Waals surface area contributed by atoms with Crippen LogP contribution >= 0.6 is 0 Å². The molecule has 0 aromatic carbocycles. The number of aromatic nitrogens is 2. The number of nitrogens with one attached hydrogen (secondary N) is 1. The predicted octanol–water partition coefficient (Wildman–Crippen LogP) is 1.60. The first-order chi connectivity index (χ1) is 10.8. The van der Waals surface area contributed by atoms with Crippen molar-refractivity contribution in [3.05, 3.63) is 18.0 Å². The zero-order valence-corrected chi connectivity index (χ0v) is 13.1. The number of urea groups is 1. The quantitative estimate of drug-likeness (QED) is 0.923. The average Bonchev–Trinajstić information content (AvgIpc) is 3.13. The van der Waals surface area contributed by atoms with Gasteiger partial charge < -0.3 is 10.2 Å². The van der Waals surface area contributed by atoms with Gasteiger partial charge in [-0.05, 0) is 31.7 Å². The highest BCUT2D eigenvalue weighted by Gasteiger charge is 2.33. The van der Waals surface area contributed by atoms with Gasteiger partial charge >= 0.3 is 6.03 Å². The molecule has 1 saturated carbocycles. The molecule has 2 amide bonds. The lowest BCUT2D eigenvalue weighted by atomic mass is 9.90. The van der Waals surface area contributed by atoms with Crippen LogP contribution in [0.1, 0.15) is 43.8 Å². The maximum Gasteiger partial charge on any atom is 0.317 e. The summed E-state index contributed by atoms with van der Waals surface area (Å²) >= 11 is 0. The topological polar surface area (TPSA) is 53.4 Å². The molecule has 1 N–H and O–H groups in total. The van der Waals surface area contributed by atoms with Crippen LogP contribution < -0.4 is 5.32 Å². The zero-order chi connectivity index (χ0) is 14.9. The van der Waals surface area contributed by atoms with E-state index in [0.717, 1.165) is 45.1 Å². The predicted molar refractivity (Wildman–Crippen MR) is 83.5 cm³/mol. The van der Waals surface area contributed by atoms with Gasteiger partial charge in [-0.3, -0.25) is 9.58 Å². The molecular weight excluding hydrogens is 278 g/mol. The number of nitrogens with zero attached hydrogens (tertiary/aromatic N) is 4. The van der Waals surface area contributed by atoms with Gasteiger partial charge in [-0.15, -0.1) is 0 Å². The highest BCUT2D eigenvalue weighted by molar-refractivity contribution is 5.74. The minimum atomic E-state index is 0.0898. The molecule has 120 valence electrons. The maximum absolute atomic E-state index is 12.2. The number of hydrogen-bond acceptors (Lipinski definition) is 3. The Morgan fingerprint density at radius 1 is 1.27 bits per heavy atom. The zero-order valence-electron chi connectivity index (χ0n) is 13.1. The smallest absolute Gasteiger partial charge is 0.317 e. The van der Waals surface area contributed by atoms with Gasteiger partial charge in [0, 0.05) is 45.0 Å². The van der Waals surface area contributed by atoms with Crippen molar-refractivity contribution in [1.82, 2.24) is 24.9 Å². The van der Waals surface area contributed by atoms with Gasteiger partial charge in [0.15, 0.2) is 0 Å². The van der Waals surface area contributed by atoms with E-state index in [1.54, 1.807) is 0 Å². The summed E-state index contributed by atoms with van der Waals surface area (Å²) in [6.07, 6.45) is 8.15. The Morgan fingerprint density at radius 2 is 2.09 bits per heavy atom. The lowest BCUT2D eigenvalue weighted by Crippen LogP contribution is -2.50. The summed E-state index contributed by atoms with van der Waals surface area (Å²) < 4.78 is 2.11. The summed E-state index contributed by atoms with van der Waals surface area (Å²) in [7, 11) is 0. The van der Waals surface area contributed by atoms with Crippen molar-refractivity contribution in [1.29, 1.82) is 0 Å². The number of carbonyl (C=O) groups is 1. The summed E-state index contributed by atoms with van der Waals surface area (Å²) in [5.74, 6) is 0. The fourth-order valence-electron chi connectivity index (χ4n) is 3.83. The van der Waals surface area contributed by atoms with Crippen LogP contribution in [0.4, 0.5) is 4.79 Å². The Morgan fingerprint density at radius 3 is 2.82 bits per heavy atom. The molecule has 1 atom stereocenters. The molecule has 0 radical (unpaired) electrons. The van der Waals surface area contributed by atoms with Gasteiger partial charge in [0.2, 0.25) is 0 Å². The summed E-state index contributed by atoms with van der Waals surface area (Å²) in [6.45, 7) is 4.48. The van der Waals surface area contributed by atoms with Crippen molar-refractivity contribution in [3.8, 4) is 0 Å². The standard InChI is InChI=1S/C16H25N5O/c22-16(19-8-1-2-9-19)17-10-15-12-20(13-4-3-5-13)11-14-6-7-18-21(14)15/h6-7,13,15H,1-5,8-12H2,(H,17,22)/t15-/m0/s1. The second-order valence-electron chi connectivity index (χ2n) is 6.82. The fourth-order valence-corrected chi connectivity index (χ4v) is 3.83. The normalized spacial score (nSPS) is 25.8. The highest BCUT2D eigenvalue weighted by atomic mass is 16.2. The molecule has 1 aromatic heterocycles. The summed E-state index contributed by atoms with van der Waals surface area (Å²) in [6, 6.07) is 3.19. The van der Waals surface area contributed by atoms with Crippen LogP contribution in [0.25, 0.3) is 0 Å². The number of likely N-dealkylation sites (tertiary alicyclic amines) is 1. The van der Waals surface area contributed by atoms with Crippen LogP contribution in [0.5, 0.6) is 0 Å². The molecule has 1 aromatic rings. The van der Waals surface area contributed by atoms with E-state index in [-0.39, 0.29) is 12.1 Å². The van der Waals surface area contributed by atoms with Crippen LogP contribution in [-0.2, 0) is 6.54 Å². The molecule has 3 aliphatic rings. The van der Waals surface area contributed by atoms with E-state index < -0.39 is 0 Å². The third-order valence-electron chi connectivity index (χ3n) is 5.38. The van der Waals surface area contributed by atoms with Crippen LogP contribution in [0.15, 0.2) is 12.3 Å². The molecule has 2 aliphatic heterocycles. The van der Waals surface area contributed by atoms with E-state index in [0.29, 0.717) is 6.54 Å². The van der Waals surface area contributed by atoms with E-state index in [2.05, 4.69) is 26.1 Å². The first-order valence-corrected chi connectivity index (χ1v) is 8.60. The molecule has 2 fully saturated rings. The molecule has 4 rings (SSSR count). The Bertz CT molecular complexity index is 532. The summed E-state index contributed by atoms with van der Waals surface area (Å²) in [5.41, 5.74) is 1.28. The van der Waals surface area contributed by atoms with E-state index in [9.17, 15) is 4.79 Å². The van der Waals surface area contributed by atoms with Crippen LogP contribution in [0, 0.1) is 0 Å². The van der Waals surface area contributed by atoms with Gasteiger partial charge in [-0.2, -0.15) is 5.10 Å². The van der Waals surface area contributed by atoms with Crippen LogP contribution in [0.2, 0.25) is 0 Å². The third-order valence-corrected chi connectivity index (χ3v) is 5.38. The van der Waals surface area contributed by atoms with Crippen molar-refractivity contribution >= 4 is 6.03 Å². The highest BCUT2D eigenvalue weighted by Crippen LogP contribution is 2.30. The number of fused-ring (bicyclic) bond motifs is 1. The summed E-state index contributed by atoms with van der Waals surface area (Å²) in [4.78, 5) is 16.7. The van der Waals surface area contributed by atoms with Crippen molar-refractivity contribution in [2.24, 2.45) is 0 Å². The lowest BCUT2D eigenvalue weighted by molar-refractivity contribution is 0.0751. The van der Waals surface area contributed by atoms with E-state index in [1.807, 2.05) is 11.1 Å². The molecule has 6 heteroatoms. The second kappa shape index (κ2) is 5.91. The number of carbonyl (C=O) groups excluding carboxylic acids is 1. The van der Waals surface area contributed by atoms with Gasteiger partial charge in [0.25, 0.3) is 0 Å². The molecule has 6 nitrogen and oxygen atoms in total. The van der Waals surface area contributed by atoms with Gasteiger partial charge in [0.05, 0.1) is 11.7 Å². The number of amides is 2.